The molecule has 1 rings (SSSR count). The van der Waals surface area contributed by atoms with Gasteiger partial charge in [-0.25, -0.2) is 9.18 Å². The van der Waals surface area contributed by atoms with Crippen LogP contribution < -0.4 is 0 Å². The number of hydrogen-bond acceptors (Lipinski definition) is 1. The van der Waals surface area contributed by atoms with Gasteiger partial charge in [0, 0.05) is 0 Å². The van der Waals surface area contributed by atoms with E-state index in [-0.39, 0.29) is 10.0 Å². The molecule has 0 unspecified atom stereocenters. The number of carboxylic acid groups (broad SMARTS) is 1. The van der Waals surface area contributed by atoms with Crippen LogP contribution in [0.3, 0.4) is 0 Å². The zero-order valence-corrected chi connectivity index (χ0v) is 7.85. The van der Waals surface area contributed by atoms with Gasteiger partial charge in [-0.1, -0.05) is 6.07 Å². The topological polar surface area (TPSA) is 37.3 Å². The molecule has 4 heteroatoms. The number of carboxylic acids is 1. The van der Waals surface area contributed by atoms with Crippen molar-refractivity contribution in [2.24, 2.45) is 0 Å². The van der Waals surface area contributed by atoms with Gasteiger partial charge in [0.1, 0.15) is 5.82 Å². The minimum atomic E-state index is -1.13. The van der Waals surface area contributed by atoms with Crippen molar-refractivity contribution < 1.29 is 14.3 Å². The predicted octanol–water partition coefficient (Wildman–Crippen LogP) is 2.59. The summed E-state index contributed by atoms with van der Waals surface area (Å²) in [6, 6.07) is 2.66. The van der Waals surface area contributed by atoms with E-state index >= 15 is 0 Å². The second-order valence-electron chi connectivity index (χ2n) is 2.36. The van der Waals surface area contributed by atoms with E-state index in [1.165, 1.54) is 12.1 Å². The first kappa shape index (κ1) is 9.19. The molecule has 0 aromatic heterocycles. The number of carbonyl (C=O) groups is 1. The summed E-state index contributed by atoms with van der Waals surface area (Å²) in [7, 11) is 0. The molecule has 1 aromatic carbocycles. The Hall–Kier alpha value is -0.900. The van der Waals surface area contributed by atoms with E-state index in [9.17, 15) is 9.18 Å². The van der Waals surface area contributed by atoms with Crippen LogP contribution in [0.1, 0.15) is 15.9 Å². The number of halogens is 2. The van der Waals surface area contributed by atoms with Gasteiger partial charge in [-0.2, -0.15) is 0 Å². The Morgan fingerprint density at radius 1 is 1.58 bits per heavy atom. The lowest BCUT2D eigenvalue weighted by Crippen LogP contribution is -2.02. The van der Waals surface area contributed by atoms with Crippen LogP contribution in [0.15, 0.2) is 16.6 Å². The summed E-state index contributed by atoms with van der Waals surface area (Å²) in [4.78, 5) is 10.6. The lowest BCUT2D eigenvalue weighted by atomic mass is 10.1. The van der Waals surface area contributed by atoms with Crippen LogP contribution in [0, 0.1) is 12.7 Å². The lowest BCUT2D eigenvalue weighted by molar-refractivity contribution is 0.0694. The van der Waals surface area contributed by atoms with Crippen molar-refractivity contribution in [2.45, 2.75) is 6.92 Å². The van der Waals surface area contributed by atoms with Crippen molar-refractivity contribution in [3.63, 3.8) is 0 Å². The Kier molecular flexibility index (Phi) is 2.47. The fraction of sp³-hybridized carbons (Fsp3) is 0.125. The zero-order chi connectivity index (χ0) is 9.30. The predicted molar refractivity (Wildman–Crippen MR) is 45.8 cm³/mol. The highest BCUT2D eigenvalue weighted by Gasteiger charge is 2.14. The first-order chi connectivity index (χ1) is 5.54. The van der Waals surface area contributed by atoms with Crippen molar-refractivity contribution >= 4 is 21.9 Å². The smallest absolute Gasteiger partial charge is 0.337 e. The molecular weight excluding hydrogens is 227 g/mol. The number of aromatic carboxylic acids is 1. The van der Waals surface area contributed by atoms with Gasteiger partial charge in [-0.3, -0.25) is 0 Å². The Morgan fingerprint density at radius 2 is 2.17 bits per heavy atom. The summed E-state index contributed by atoms with van der Waals surface area (Å²) in [5.74, 6) is -1.68. The van der Waals surface area contributed by atoms with Crippen LogP contribution in [0.25, 0.3) is 0 Å². The molecular formula is C8H6BrFO2. The third-order valence-electron chi connectivity index (χ3n) is 1.52. The number of aryl methyl sites for hydroxylation is 1. The fourth-order valence-corrected chi connectivity index (χ4v) is 1.52. The molecule has 0 radical (unpaired) electrons. The minimum Gasteiger partial charge on any atom is -0.478 e. The molecule has 2 nitrogen and oxygen atoms in total. The van der Waals surface area contributed by atoms with Crippen molar-refractivity contribution in [1.29, 1.82) is 0 Å². The molecule has 64 valence electrons. The summed E-state index contributed by atoms with van der Waals surface area (Å²) in [6.07, 6.45) is 0. The molecule has 0 spiro atoms. The SMILES string of the molecule is Cc1ccc(F)c(Br)c1C(=O)O. The summed E-state index contributed by atoms with van der Waals surface area (Å²) >= 11 is 2.88. The fourth-order valence-electron chi connectivity index (χ4n) is 0.910. The highest BCUT2D eigenvalue weighted by molar-refractivity contribution is 9.10. The molecule has 0 bridgehead atoms. The van der Waals surface area contributed by atoms with Crippen LogP contribution in [-0.2, 0) is 0 Å². The molecule has 1 N–H and O–H groups in total. The molecule has 0 amide bonds. The average molecular weight is 233 g/mol. The summed E-state index contributed by atoms with van der Waals surface area (Å²) in [5, 5.41) is 8.67. The quantitative estimate of drug-likeness (QED) is 0.809. The molecule has 0 saturated carbocycles. The molecule has 0 saturated heterocycles. The van der Waals surface area contributed by atoms with E-state index in [1.54, 1.807) is 6.92 Å². The Balaban J connectivity index is 3.43. The summed E-state index contributed by atoms with van der Waals surface area (Å²) in [5.41, 5.74) is 0.519. The monoisotopic (exact) mass is 232 g/mol. The van der Waals surface area contributed by atoms with E-state index in [4.69, 9.17) is 5.11 Å². The van der Waals surface area contributed by atoms with Gasteiger partial charge >= 0.3 is 5.97 Å². The van der Waals surface area contributed by atoms with Gasteiger partial charge in [0.25, 0.3) is 0 Å². The van der Waals surface area contributed by atoms with Gasteiger partial charge in [-0.05, 0) is 34.5 Å². The Bertz CT molecular complexity index is 336. The van der Waals surface area contributed by atoms with Crippen molar-refractivity contribution in [2.75, 3.05) is 0 Å². The molecule has 0 aliphatic rings. The van der Waals surface area contributed by atoms with Crippen molar-refractivity contribution in [3.8, 4) is 0 Å². The van der Waals surface area contributed by atoms with Crippen molar-refractivity contribution in [1.82, 2.24) is 0 Å². The van der Waals surface area contributed by atoms with E-state index in [2.05, 4.69) is 15.9 Å². The number of rotatable bonds is 1. The summed E-state index contributed by atoms with van der Waals surface area (Å²) in [6.45, 7) is 1.62. The number of benzene rings is 1. The van der Waals surface area contributed by atoms with Gasteiger partial charge in [0.2, 0.25) is 0 Å². The largest absolute Gasteiger partial charge is 0.478 e. The average Bonchev–Trinajstić information content (AvgIpc) is 1.97. The van der Waals surface area contributed by atoms with Gasteiger partial charge in [0.05, 0.1) is 10.0 Å². The van der Waals surface area contributed by atoms with Crippen LogP contribution in [0.2, 0.25) is 0 Å². The van der Waals surface area contributed by atoms with Crippen molar-refractivity contribution in [3.05, 3.63) is 33.5 Å². The van der Waals surface area contributed by atoms with Crippen LogP contribution in [0.5, 0.6) is 0 Å². The first-order valence-electron chi connectivity index (χ1n) is 3.22. The third-order valence-corrected chi connectivity index (χ3v) is 2.29. The van der Waals surface area contributed by atoms with E-state index in [0.717, 1.165) is 0 Å². The first-order valence-corrected chi connectivity index (χ1v) is 4.01. The second kappa shape index (κ2) is 3.23. The van der Waals surface area contributed by atoms with Gasteiger partial charge < -0.3 is 5.11 Å². The maximum absolute atomic E-state index is 12.8. The maximum atomic E-state index is 12.8. The highest BCUT2D eigenvalue weighted by atomic mass is 79.9. The van der Waals surface area contributed by atoms with Crippen LogP contribution in [0.4, 0.5) is 4.39 Å². The van der Waals surface area contributed by atoms with E-state index < -0.39 is 11.8 Å². The van der Waals surface area contributed by atoms with Crippen LogP contribution >= 0.6 is 15.9 Å². The Labute approximate surface area is 77.2 Å². The zero-order valence-electron chi connectivity index (χ0n) is 6.27. The summed E-state index contributed by atoms with van der Waals surface area (Å²) < 4.78 is 12.8. The van der Waals surface area contributed by atoms with E-state index in [1.807, 2.05) is 0 Å². The lowest BCUT2D eigenvalue weighted by Gasteiger charge is -2.03. The van der Waals surface area contributed by atoms with Crippen LogP contribution in [-0.4, -0.2) is 11.1 Å². The highest BCUT2D eigenvalue weighted by Crippen LogP contribution is 2.23. The standard InChI is InChI=1S/C8H6BrFO2/c1-4-2-3-5(10)7(9)6(4)8(11)12/h2-3H,1H3,(H,11,12). The molecule has 1 aromatic rings. The molecule has 12 heavy (non-hydrogen) atoms. The molecule has 0 heterocycles. The number of hydrogen-bond donors (Lipinski definition) is 1. The molecule has 0 aliphatic heterocycles. The maximum Gasteiger partial charge on any atom is 0.337 e. The molecule has 0 fully saturated rings. The molecule has 0 aliphatic carbocycles. The molecule has 0 atom stereocenters. The van der Waals surface area contributed by atoms with Gasteiger partial charge in [0.15, 0.2) is 0 Å². The van der Waals surface area contributed by atoms with E-state index in [0.29, 0.717) is 5.56 Å². The third kappa shape index (κ3) is 1.48. The Morgan fingerprint density at radius 3 is 2.58 bits per heavy atom. The van der Waals surface area contributed by atoms with Gasteiger partial charge in [-0.15, -0.1) is 0 Å². The normalized spacial score (nSPS) is 9.92. The minimum absolute atomic E-state index is 0.00926. The second-order valence-corrected chi connectivity index (χ2v) is 3.15.